The van der Waals surface area contributed by atoms with Crippen molar-refractivity contribution in [3.63, 3.8) is 0 Å². The van der Waals surface area contributed by atoms with Gasteiger partial charge in [0.15, 0.2) is 6.10 Å². The Balaban J connectivity index is 1.65. The molecule has 2 aliphatic heterocycles. The molecule has 7 nitrogen and oxygen atoms in total. The Morgan fingerprint density at radius 3 is 2.84 bits per heavy atom. The van der Waals surface area contributed by atoms with Gasteiger partial charge in [-0.05, 0) is 31.9 Å². The molecule has 0 unspecified atom stereocenters. The van der Waals surface area contributed by atoms with Gasteiger partial charge in [0.05, 0.1) is 11.6 Å². The first-order chi connectivity index (χ1) is 12.0. The molecule has 0 aromatic heterocycles. The molecule has 2 heterocycles. The standard InChI is InChI=1S/C18H22N2O5/c1-12-17(22)20(14-6-2-3-7-15(14)25-12)10-8-16(21)19-9-4-5-13(11-19)18(23)24/h2-3,6-7,12-13H,4-5,8-11H2,1H3,(H,23,24)/t12-,13-/m0/s1. The van der Waals surface area contributed by atoms with Crippen LogP contribution in [-0.4, -0.2) is 53.5 Å². The number of hydrogen-bond donors (Lipinski definition) is 1. The van der Waals surface area contributed by atoms with Crippen LogP contribution < -0.4 is 9.64 Å². The van der Waals surface area contributed by atoms with Gasteiger partial charge < -0.3 is 19.6 Å². The van der Waals surface area contributed by atoms with Gasteiger partial charge in [-0.1, -0.05) is 12.1 Å². The molecule has 2 aliphatic rings. The van der Waals surface area contributed by atoms with Crippen LogP contribution in [0.3, 0.4) is 0 Å². The van der Waals surface area contributed by atoms with Gasteiger partial charge in [0.2, 0.25) is 5.91 Å². The highest BCUT2D eigenvalue weighted by Crippen LogP contribution is 2.33. The molecule has 1 aromatic carbocycles. The first kappa shape index (κ1) is 17.3. The molecule has 1 saturated heterocycles. The molecule has 0 spiro atoms. The summed E-state index contributed by atoms with van der Waals surface area (Å²) in [5.41, 5.74) is 0.667. The van der Waals surface area contributed by atoms with Crippen LogP contribution in [0.4, 0.5) is 5.69 Å². The average molecular weight is 346 g/mol. The number of anilines is 1. The molecule has 0 aliphatic carbocycles. The number of likely N-dealkylation sites (tertiary alicyclic amines) is 1. The quantitative estimate of drug-likeness (QED) is 0.893. The van der Waals surface area contributed by atoms with Crippen LogP contribution in [0.2, 0.25) is 0 Å². The predicted octanol–water partition coefficient (Wildman–Crippen LogP) is 1.51. The highest BCUT2D eigenvalue weighted by Gasteiger charge is 2.33. The highest BCUT2D eigenvalue weighted by molar-refractivity contribution is 6.00. The van der Waals surface area contributed by atoms with Gasteiger partial charge in [-0.3, -0.25) is 14.4 Å². The van der Waals surface area contributed by atoms with Crippen LogP contribution in [-0.2, 0) is 14.4 Å². The molecule has 3 rings (SSSR count). The first-order valence-electron chi connectivity index (χ1n) is 8.55. The number of hydrogen-bond acceptors (Lipinski definition) is 4. The molecule has 0 radical (unpaired) electrons. The van der Waals surface area contributed by atoms with Crippen molar-refractivity contribution in [2.75, 3.05) is 24.5 Å². The molecular formula is C18H22N2O5. The summed E-state index contributed by atoms with van der Waals surface area (Å²) in [5.74, 6) is -1.01. The van der Waals surface area contributed by atoms with E-state index in [9.17, 15) is 14.4 Å². The van der Waals surface area contributed by atoms with E-state index in [1.807, 2.05) is 12.1 Å². The van der Waals surface area contributed by atoms with E-state index in [4.69, 9.17) is 9.84 Å². The summed E-state index contributed by atoms with van der Waals surface area (Å²) in [6.45, 7) is 2.77. The van der Waals surface area contributed by atoms with E-state index in [2.05, 4.69) is 0 Å². The minimum absolute atomic E-state index is 0.115. The maximum atomic E-state index is 12.5. The summed E-state index contributed by atoms with van der Waals surface area (Å²) >= 11 is 0. The number of carbonyl (C=O) groups is 3. The van der Waals surface area contributed by atoms with Gasteiger partial charge in [-0.2, -0.15) is 0 Å². The van der Waals surface area contributed by atoms with Crippen molar-refractivity contribution >= 4 is 23.5 Å². The number of carboxylic acid groups (broad SMARTS) is 1. The lowest BCUT2D eigenvalue weighted by atomic mass is 9.98. The third kappa shape index (κ3) is 3.60. The van der Waals surface area contributed by atoms with E-state index in [1.54, 1.807) is 28.9 Å². The number of carboxylic acids is 1. The summed E-state index contributed by atoms with van der Waals surface area (Å²) < 4.78 is 5.59. The smallest absolute Gasteiger partial charge is 0.308 e. The lowest BCUT2D eigenvalue weighted by Crippen LogP contribution is -2.47. The van der Waals surface area contributed by atoms with Crippen molar-refractivity contribution in [3.05, 3.63) is 24.3 Å². The fraction of sp³-hybridized carbons (Fsp3) is 0.500. The number of nitrogens with zero attached hydrogens (tertiary/aromatic N) is 2. The maximum Gasteiger partial charge on any atom is 0.308 e. The van der Waals surface area contributed by atoms with Crippen LogP contribution in [0.15, 0.2) is 24.3 Å². The molecule has 25 heavy (non-hydrogen) atoms. The van der Waals surface area contributed by atoms with Crippen molar-refractivity contribution < 1.29 is 24.2 Å². The lowest BCUT2D eigenvalue weighted by Gasteiger charge is -2.34. The van der Waals surface area contributed by atoms with Crippen molar-refractivity contribution in [1.29, 1.82) is 0 Å². The van der Waals surface area contributed by atoms with Gasteiger partial charge in [-0.25, -0.2) is 0 Å². The van der Waals surface area contributed by atoms with Crippen LogP contribution in [0.5, 0.6) is 5.75 Å². The Hall–Kier alpha value is -2.57. The van der Waals surface area contributed by atoms with Crippen molar-refractivity contribution in [2.45, 2.75) is 32.3 Å². The van der Waals surface area contributed by atoms with Gasteiger partial charge in [0.1, 0.15) is 5.75 Å². The van der Waals surface area contributed by atoms with E-state index in [1.165, 1.54) is 0 Å². The maximum absolute atomic E-state index is 12.5. The van der Waals surface area contributed by atoms with E-state index >= 15 is 0 Å². The van der Waals surface area contributed by atoms with Crippen LogP contribution in [0, 0.1) is 5.92 Å². The van der Waals surface area contributed by atoms with Crippen LogP contribution >= 0.6 is 0 Å². The van der Waals surface area contributed by atoms with Gasteiger partial charge in [-0.15, -0.1) is 0 Å². The number of para-hydroxylation sites is 2. The second kappa shape index (κ2) is 7.13. The summed E-state index contributed by atoms with van der Waals surface area (Å²) in [6.07, 6.45) is 0.876. The molecule has 134 valence electrons. The van der Waals surface area contributed by atoms with Gasteiger partial charge >= 0.3 is 5.97 Å². The Morgan fingerprint density at radius 1 is 1.32 bits per heavy atom. The van der Waals surface area contributed by atoms with Crippen LogP contribution in [0.1, 0.15) is 26.2 Å². The zero-order valence-corrected chi connectivity index (χ0v) is 14.2. The molecule has 1 N–H and O–H groups in total. The first-order valence-corrected chi connectivity index (χ1v) is 8.55. The Kier molecular flexibility index (Phi) is 4.92. The highest BCUT2D eigenvalue weighted by atomic mass is 16.5. The Morgan fingerprint density at radius 2 is 2.08 bits per heavy atom. The van der Waals surface area contributed by atoms with Crippen molar-refractivity contribution in [1.82, 2.24) is 4.90 Å². The Bertz CT molecular complexity index is 690. The topological polar surface area (TPSA) is 87.2 Å². The second-order valence-electron chi connectivity index (χ2n) is 6.48. The monoisotopic (exact) mass is 346 g/mol. The average Bonchev–Trinajstić information content (AvgIpc) is 2.62. The molecule has 1 fully saturated rings. The van der Waals surface area contributed by atoms with Gasteiger partial charge in [0, 0.05) is 26.1 Å². The molecule has 0 bridgehead atoms. The summed E-state index contributed by atoms with van der Waals surface area (Å²) in [6, 6.07) is 7.26. The predicted molar refractivity (Wildman–Crippen MR) is 90.4 cm³/mol. The second-order valence-corrected chi connectivity index (χ2v) is 6.48. The number of amides is 2. The number of ether oxygens (including phenoxy) is 1. The fourth-order valence-corrected chi connectivity index (χ4v) is 3.36. The molecule has 2 atom stereocenters. The summed E-state index contributed by atoms with van der Waals surface area (Å²) in [5, 5.41) is 9.14. The third-order valence-corrected chi connectivity index (χ3v) is 4.75. The van der Waals surface area contributed by atoms with Crippen LogP contribution in [0.25, 0.3) is 0 Å². The molecule has 2 amide bonds. The summed E-state index contributed by atoms with van der Waals surface area (Å²) in [7, 11) is 0. The normalized spacial score (nSPS) is 23.0. The van der Waals surface area contributed by atoms with E-state index in [0.717, 1.165) is 0 Å². The zero-order valence-electron chi connectivity index (χ0n) is 14.2. The number of rotatable bonds is 4. The zero-order chi connectivity index (χ0) is 18.0. The number of benzene rings is 1. The number of aliphatic carboxylic acids is 1. The Labute approximate surface area is 146 Å². The van der Waals surface area contributed by atoms with E-state index in [-0.39, 0.29) is 31.3 Å². The number of fused-ring (bicyclic) bond motifs is 1. The number of carbonyl (C=O) groups excluding carboxylic acids is 2. The van der Waals surface area contributed by atoms with E-state index in [0.29, 0.717) is 30.8 Å². The largest absolute Gasteiger partial charge is 0.481 e. The molecule has 1 aromatic rings. The lowest BCUT2D eigenvalue weighted by molar-refractivity contribution is -0.145. The van der Waals surface area contributed by atoms with E-state index < -0.39 is 18.0 Å². The SMILES string of the molecule is C[C@@H]1Oc2ccccc2N(CCC(=O)N2CCC[C@H](C(=O)O)C2)C1=O. The molecule has 7 heteroatoms. The fourth-order valence-electron chi connectivity index (χ4n) is 3.36. The van der Waals surface area contributed by atoms with Crippen molar-refractivity contribution in [3.8, 4) is 5.75 Å². The third-order valence-electron chi connectivity index (χ3n) is 4.75. The van der Waals surface area contributed by atoms with Crippen molar-refractivity contribution in [2.24, 2.45) is 5.92 Å². The molecule has 0 saturated carbocycles. The number of piperidine rings is 1. The minimum Gasteiger partial charge on any atom is -0.481 e. The minimum atomic E-state index is -0.858. The van der Waals surface area contributed by atoms with Gasteiger partial charge in [0.25, 0.3) is 5.91 Å². The molecular weight excluding hydrogens is 324 g/mol. The summed E-state index contributed by atoms with van der Waals surface area (Å²) in [4.78, 5) is 39.2.